The summed E-state index contributed by atoms with van der Waals surface area (Å²) in [5, 5.41) is 3.71. The summed E-state index contributed by atoms with van der Waals surface area (Å²) >= 11 is 0. The molecule has 0 saturated carbocycles. The Balaban J connectivity index is 1.77. The Labute approximate surface area is 167 Å². The van der Waals surface area contributed by atoms with E-state index in [0.717, 1.165) is 23.4 Å². The van der Waals surface area contributed by atoms with E-state index in [1.54, 1.807) is 0 Å². The zero-order chi connectivity index (χ0) is 19.5. The van der Waals surface area contributed by atoms with Gasteiger partial charge in [-0.25, -0.2) is 0 Å². The zero-order valence-corrected chi connectivity index (χ0v) is 16.4. The van der Waals surface area contributed by atoms with E-state index in [-0.39, 0.29) is 23.9 Å². The first-order valence-electron chi connectivity index (χ1n) is 9.99. The van der Waals surface area contributed by atoms with Crippen molar-refractivity contribution in [2.45, 2.75) is 32.4 Å². The van der Waals surface area contributed by atoms with Gasteiger partial charge in [-0.2, -0.15) is 0 Å². The number of carbonyl (C=O) groups excluding carboxylic acids is 1. The highest BCUT2D eigenvalue weighted by Crippen LogP contribution is 2.43. The summed E-state index contributed by atoms with van der Waals surface area (Å²) < 4.78 is 0. The summed E-state index contributed by atoms with van der Waals surface area (Å²) in [6.07, 6.45) is 0.904. The molecule has 3 atom stereocenters. The smallest absolute Gasteiger partial charge is 0.258 e. The number of rotatable bonds is 4. The molecule has 1 heterocycles. The lowest BCUT2D eigenvalue weighted by Gasteiger charge is -2.45. The van der Waals surface area contributed by atoms with E-state index in [4.69, 9.17) is 0 Å². The van der Waals surface area contributed by atoms with Crippen molar-refractivity contribution in [3.05, 3.63) is 96.1 Å². The first-order chi connectivity index (χ1) is 13.7. The molecular weight excluding hydrogens is 344 g/mol. The van der Waals surface area contributed by atoms with Crippen LogP contribution in [0.2, 0.25) is 0 Å². The number of hydrogen-bond donors (Lipinski definition) is 1. The molecule has 0 aromatic heterocycles. The molecule has 1 N–H and O–H groups in total. The number of fused-ring (bicyclic) bond motifs is 1. The fourth-order valence-corrected chi connectivity index (χ4v) is 4.35. The molecule has 1 aliphatic heterocycles. The number of nitrogens with one attached hydrogen (secondary N) is 1. The van der Waals surface area contributed by atoms with Crippen LogP contribution in [0.15, 0.2) is 84.9 Å². The molecule has 0 aliphatic carbocycles. The van der Waals surface area contributed by atoms with Gasteiger partial charge in [-0.15, -0.1) is 0 Å². The van der Waals surface area contributed by atoms with E-state index in [2.05, 4.69) is 49.5 Å². The number of benzene rings is 3. The molecule has 3 nitrogen and oxygen atoms in total. The van der Waals surface area contributed by atoms with Gasteiger partial charge in [0.25, 0.3) is 5.91 Å². The van der Waals surface area contributed by atoms with Crippen LogP contribution in [0.3, 0.4) is 0 Å². The van der Waals surface area contributed by atoms with Crippen molar-refractivity contribution in [2.24, 2.45) is 5.92 Å². The van der Waals surface area contributed by atoms with Crippen molar-refractivity contribution in [3.8, 4) is 0 Å². The van der Waals surface area contributed by atoms with Crippen LogP contribution in [0.4, 0.5) is 11.4 Å². The van der Waals surface area contributed by atoms with E-state index in [1.807, 2.05) is 59.5 Å². The summed E-state index contributed by atoms with van der Waals surface area (Å²) in [4.78, 5) is 15.5. The van der Waals surface area contributed by atoms with Gasteiger partial charge in [-0.05, 0) is 42.3 Å². The second-order valence-corrected chi connectivity index (χ2v) is 7.42. The van der Waals surface area contributed by atoms with Crippen molar-refractivity contribution < 1.29 is 4.79 Å². The van der Waals surface area contributed by atoms with Crippen molar-refractivity contribution in [2.75, 3.05) is 10.2 Å². The van der Waals surface area contributed by atoms with Crippen LogP contribution in [0, 0.1) is 5.92 Å². The summed E-state index contributed by atoms with van der Waals surface area (Å²) in [6.45, 7) is 4.41. The topological polar surface area (TPSA) is 32.3 Å². The molecule has 0 saturated heterocycles. The zero-order valence-electron chi connectivity index (χ0n) is 16.4. The van der Waals surface area contributed by atoms with E-state index < -0.39 is 0 Å². The Bertz CT molecular complexity index is 939. The monoisotopic (exact) mass is 370 g/mol. The number of hydrogen-bond acceptors (Lipinski definition) is 2. The predicted molar refractivity (Wildman–Crippen MR) is 116 cm³/mol. The van der Waals surface area contributed by atoms with Gasteiger partial charge in [0.05, 0.1) is 6.04 Å². The van der Waals surface area contributed by atoms with Crippen molar-refractivity contribution in [1.82, 2.24) is 0 Å². The average Bonchev–Trinajstić information content (AvgIpc) is 2.76. The van der Waals surface area contributed by atoms with E-state index in [9.17, 15) is 4.79 Å². The first kappa shape index (κ1) is 18.3. The number of amides is 1. The Morgan fingerprint density at radius 2 is 1.50 bits per heavy atom. The summed E-state index contributed by atoms with van der Waals surface area (Å²) in [5.41, 5.74) is 4.02. The van der Waals surface area contributed by atoms with Crippen LogP contribution in [0.5, 0.6) is 0 Å². The molecule has 1 amide bonds. The lowest BCUT2D eigenvalue weighted by Crippen LogP contribution is -2.50. The van der Waals surface area contributed by atoms with Gasteiger partial charge >= 0.3 is 0 Å². The lowest BCUT2D eigenvalue weighted by atomic mass is 9.80. The van der Waals surface area contributed by atoms with Crippen LogP contribution in [-0.2, 0) is 0 Å². The van der Waals surface area contributed by atoms with Gasteiger partial charge in [-0.1, -0.05) is 68.4 Å². The highest BCUT2D eigenvalue weighted by Gasteiger charge is 2.40. The third-order valence-corrected chi connectivity index (χ3v) is 5.75. The Hall–Kier alpha value is -3.07. The minimum atomic E-state index is 0.0740. The molecule has 0 spiro atoms. The van der Waals surface area contributed by atoms with Crippen LogP contribution in [0.25, 0.3) is 0 Å². The van der Waals surface area contributed by atoms with Gasteiger partial charge in [0.2, 0.25) is 0 Å². The summed E-state index contributed by atoms with van der Waals surface area (Å²) in [7, 11) is 0. The molecule has 1 aliphatic rings. The van der Waals surface area contributed by atoms with Gasteiger partial charge < -0.3 is 10.2 Å². The average molecular weight is 370 g/mol. The third-order valence-electron chi connectivity index (χ3n) is 5.75. The molecule has 28 heavy (non-hydrogen) atoms. The van der Waals surface area contributed by atoms with Crippen LogP contribution in [0.1, 0.15) is 42.2 Å². The van der Waals surface area contributed by atoms with E-state index in [0.29, 0.717) is 0 Å². The number of nitrogens with zero attached hydrogens (tertiary/aromatic N) is 1. The summed E-state index contributed by atoms with van der Waals surface area (Å²) in [5.74, 6) is 0.345. The SMILES string of the molecule is CC[C@H]1[C@H](C)[C@@H](Nc2ccccc2)c2ccccc2N1C(=O)c1ccccc1. The standard InChI is InChI=1S/C25H26N2O/c1-3-22-18(2)24(26-20-14-8-5-9-15-20)21-16-10-11-17-23(21)27(22)25(28)19-12-6-4-7-13-19/h4-18,22,24,26H,3H2,1-2H3/t18-,22-,24+/m0/s1. The lowest BCUT2D eigenvalue weighted by molar-refractivity contribution is 0.0960. The van der Waals surface area contributed by atoms with Gasteiger partial charge in [0, 0.05) is 28.9 Å². The molecule has 142 valence electrons. The fraction of sp³-hybridized carbons (Fsp3) is 0.240. The maximum Gasteiger partial charge on any atom is 0.258 e. The van der Waals surface area contributed by atoms with Crippen molar-refractivity contribution in [3.63, 3.8) is 0 Å². The normalized spacial score (nSPS) is 21.1. The minimum absolute atomic E-state index is 0.0740. The number of anilines is 2. The molecular formula is C25H26N2O. The largest absolute Gasteiger partial charge is 0.378 e. The third kappa shape index (κ3) is 3.29. The molecule has 0 radical (unpaired) electrons. The minimum Gasteiger partial charge on any atom is -0.378 e. The second kappa shape index (κ2) is 7.89. The molecule has 3 aromatic carbocycles. The highest BCUT2D eigenvalue weighted by atomic mass is 16.2. The Morgan fingerprint density at radius 1 is 0.893 bits per heavy atom. The number of carbonyl (C=O) groups is 1. The maximum atomic E-state index is 13.4. The van der Waals surface area contributed by atoms with Gasteiger partial charge in [0.1, 0.15) is 0 Å². The van der Waals surface area contributed by atoms with Gasteiger partial charge in [0.15, 0.2) is 0 Å². The molecule has 4 rings (SSSR count). The van der Waals surface area contributed by atoms with Crippen LogP contribution in [-0.4, -0.2) is 11.9 Å². The predicted octanol–water partition coefficient (Wildman–Crippen LogP) is 5.91. The van der Waals surface area contributed by atoms with Gasteiger partial charge in [-0.3, -0.25) is 4.79 Å². The molecule has 3 aromatic rings. The van der Waals surface area contributed by atoms with Crippen LogP contribution >= 0.6 is 0 Å². The molecule has 0 unspecified atom stereocenters. The second-order valence-electron chi connectivity index (χ2n) is 7.42. The van der Waals surface area contributed by atoms with Crippen molar-refractivity contribution >= 4 is 17.3 Å². The quantitative estimate of drug-likeness (QED) is 0.619. The maximum absolute atomic E-state index is 13.4. The first-order valence-corrected chi connectivity index (χ1v) is 9.99. The van der Waals surface area contributed by atoms with Crippen molar-refractivity contribution in [1.29, 1.82) is 0 Å². The fourth-order valence-electron chi connectivity index (χ4n) is 4.35. The molecule has 0 bridgehead atoms. The van der Waals surface area contributed by atoms with Crippen LogP contribution < -0.4 is 10.2 Å². The molecule has 0 fully saturated rings. The number of para-hydroxylation sites is 2. The summed E-state index contributed by atoms with van der Waals surface area (Å²) in [6, 6.07) is 28.5. The Morgan fingerprint density at radius 3 is 2.18 bits per heavy atom. The van der Waals surface area contributed by atoms with E-state index in [1.165, 1.54) is 5.56 Å². The molecule has 3 heteroatoms. The Kier molecular flexibility index (Phi) is 5.16. The highest BCUT2D eigenvalue weighted by molar-refractivity contribution is 6.07. The van der Waals surface area contributed by atoms with E-state index >= 15 is 0 Å².